The molecule has 1 amide bonds. The highest BCUT2D eigenvalue weighted by Gasteiger charge is 2.31. The molecule has 2 nitrogen and oxygen atoms in total. The van der Waals surface area contributed by atoms with Crippen LogP contribution in [0, 0.1) is 0 Å². The third-order valence-corrected chi connectivity index (χ3v) is 3.07. The molecule has 0 saturated heterocycles. The van der Waals surface area contributed by atoms with Gasteiger partial charge in [-0.05, 0) is 41.1 Å². The molecule has 19 heavy (non-hydrogen) atoms. The maximum atomic E-state index is 12.6. The molecule has 0 spiro atoms. The van der Waals surface area contributed by atoms with Gasteiger partial charge in [0.2, 0.25) is 0 Å². The Morgan fingerprint density at radius 2 is 2.00 bits per heavy atom. The second kappa shape index (κ2) is 5.77. The molecule has 0 heterocycles. The molecule has 104 valence electrons. The summed E-state index contributed by atoms with van der Waals surface area (Å²) in [6, 6.07) is 3.01. The molecule has 1 aromatic carbocycles. The fraction of sp³-hybridized carbons (Fsp3) is 0.308. The first-order valence-electron chi connectivity index (χ1n) is 5.39. The lowest BCUT2D eigenvalue weighted by Crippen LogP contribution is -2.28. The van der Waals surface area contributed by atoms with Gasteiger partial charge in [-0.3, -0.25) is 4.79 Å². The van der Waals surface area contributed by atoms with Crippen LogP contribution in [0.4, 0.5) is 13.2 Å². The summed E-state index contributed by atoms with van der Waals surface area (Å²) in [5, 5.41) is 0. The molecule has 0 aliphatic rings. The summed E-state index contributed by atoms with van der Waals surface area (Å²) in [6.45, 7) is 5.70. The summed E-state index contributed by atoms with van der Waals surface area (Å²) >= 11 is 3.10. The van der Waals surface area contributed by atoms with Crippen molar-refractivity contribution in [2.45, 2.75) is 13.1 Å². The number of halogens is 4. The largest absolute Gasteiger partial charge is 0.416 e. The zero-order chi connectivity index (χ0) is 14.8. The Labute approximate surface area is 118 Å². The highest BCUT2D eigenvalue weighted by Crippen LogP contribution is 2.32. The molecule has 0 atom stereocenters. The molecule has 6 heteroatoms. The van der Waals surface area contributed by atoms with Crippen molar-refractivity contribution in [2.75, 3.05) is 13.6 Å². The predicted molar refractivity (Wildman–Crippen MR) is 70.9 cm³/mol. The van der Waals surface area contributed by atoms with E-state index in [0.717, 1.165) is 17.7 Å². The number of benzene rings is 1. The highest BCUT2D eigenvalue weighted by molar-refractivity contribution is 9.10. The summed E-state index contributed by atoms with van der Waals surface area (Å²) in [6.07, 6.45) is -4.47. The summed E-state index contributed by atoms with van der Waals surface area (Å²) in [5.41, 5.74) is -0.111. The summed E-state index contributed by atoms with van der Waals surface area (Å²) < 4.78 is 38.2. The third-order valence-electron chi connectivity index (χ3n) is 2.38. The van der Waals surface area contributed by atoms with E-state index in [1.807, 2.05) is 0 Å². The predicted octanol–water partition coefficient (Wildman–Crippen LogP) is 4.12. The monoisotopic (exact) mass is 335 g/mol. The Balaban J connectivity index is 3.12. The molecule has 1 aromatic rings. The number of carbonyl (C=O) groups is 1. The van der Waals surface area contributed by atoms with Crippen molar-refractivity contribution in [2.24, 2.45) is 0 Å². The SMILES string of the molecule is C=C(C)CN(C)C(=O)c1cc(C(F)(F)F)ccc1Br. The number of amides is 1. The van der Waals surface area contributed by atoms with Crippen LogP contribution in [0.3, 0.4) is 0 Å². The number of rotatable bonds is 3. The minimum atomic E-state index is -4.47. The normalized spacial score (nSPS) is 11.3. The van der Waals surface area contributed by atoms with Gasteiger partial charge in [-0.25, -0.2) is 0 Å². The van der Waals surface area contributed by atoms with Crippen molar-refractivity contribution in [3.63, 3.8) is 0 Å². The van der Waals surface area contributed by atoms with Crippen molar-refractivity contribution >= 4 is 21.8 Å². The van der Waals surface area contributed by atoms with Gasteiger partial charge >= 0.3 is 6.18 Å². The first-order valence-corrected chi connectivity index (χ1v) is 6.19. The lowest BCUT2D eigenvalue weighted by atomic mass is 10.1. The van der Waals surface area contributed by atoms with E-state index in [0.29, 0.717) is 11.0 Å². The van der Waals surface area contributed by atoms with Crippen LogP contribution in [-0.2, 0) is 6.18 Å². The molecule has 0 aromatic heterocycles. The van der Waals surface area contributed by atoms with Crippen LogP contribution in [0.2, 0.25) is 0 Å². The van der Waals surface area contributed by atoms with E-state index in [1.165, 1.54) is 18.0 Å². The molecule has 0 fully saturated rings. The van der Waals surface area contributed by atoms with E-state index in [4.69, 9.17) is 0 Å². The van der Waals surface area contributed by atoms with Crippen LogP contribution < -0.4 is 0 Å². The average molecular weight is 336 g/mol. The minimum Gasteiger partial charge on any atom is -0.338 e. The molecule has 0 aliphatic heterocycles. The lowest BCUT2D eigenvalue weighted by Gasteiger charge is -2.19. The van der Waals surface area contributed by atoms with Gasteiger partial charge in [-0.1, -0.05) is 12.2 Å². The maximum Gasteiger partial charge on any atom is 0.416 e. The van der Waals surface area contributed by atoms with Crippen molar-refractivity contribution in [1.82, 2.24) is 4.90 Å². The van der Waals surface area contributed by atoms with E-state index >= 15 is 0 Å². The standard InChI is InChI=1S/C13H13BrF3NO/c1-8(2)7-18(3)12(19)10-6-9(13(15,16)17)4-5-11(10)14/h4-6H,1,7H2,2-3H3. The molecule has 0 N–H and O–H groups in total. The molecular weight excluding hydrogens is 323 g/mol. The van der Waals surface area contributed by atoms with Gasteiger partial charge in [0.1, 0.15) is 0 Å². The van der Waals surface area contributed by atoms with E-state index in [9.17, 15) is 18.0 Å². The second-order valence-electron chi connectivity index (χ2n) is 4.31. The van der Waals surface area contributed by atoms with Gasteiger partial charge in [0.15, 0.2) is 0 Å². The topological polar surface area (TPSA) is 20.3 Å². The average Bonchev–Trinajstić information content (AvgIpc) is 2.26. The van der Waals surface area contributed by atoms with Crippen LogP contribution in [0.1, 0.15) is 22.8 Å². The number of hydrogen-bond donors (Lipinski definition) is 0. The van der Waals surface area contributed by atoms with Crippen LogP contribution in [0.25, 0.3) is 0 Å². The van der Waals surface area contributed by atoms with Crippen LogP contribution in [-0.4, -0.2) is 24.4 Å². The Kier molecular flexibility index (Phi) is 4.79. The van der Waals surface area contributed by atoms with Gasteiger partial charge in [0.05, 0.1) is 11.1 Å². The zero-order valence-electron chi connectivity index (χ0n) is 10.5. The number of carbonyl (C=O) groups excluding carboxylic acids is 1. The fourth-order valence-electron chi connectivity index (χ4n) is 1.55. The van der Waals surface area contributed by atoms with Crippen molar-refractivity contribution < 1.29 is 18.0 Å². The van der Waals surface area contributed by atoms with Crippen LogP contribution in [0.15, 0.2) is 34.8 Å². The summed E-state index contributed by atoms with van der Waals surface area (Å²) in [5.74, 6) is -0.485. The molecule has 0 bridgehead atoms. The van der Waals surface area contributed by atoms with Gasteiger partial charge in [-0.15, -0.1) is 0 Å². The van der Waals surface area contributed by atoms with Gasteiger partial charge in [-0.2, -0.15) is 13.2 Å². The van der Waals surface area contributed by atoms with E-state index in [2.05, 4.69) is 22.5 Å². The van der Waals surface area contributed by atoms with Crippen molar-refractivity contribution in [3.05, 3.63) is 46.0 Å². The quantitative estimate of drug-likeness (QED) is 0.761. The van der Waals surface area contributed by atoms with Crippen molar-refractivity contribution in [3.8, 4) is 0 Å². The minimum absolute atomic E-state index is 0.0152. The fourth-order valence-corrected chi connectivity index (χ4v) is 1.96. The Bertz CT molecular complexity index is 511. The van der Waals surface area contributed by atoms with Gasteiger partial charge < -0.3 is 4.90 Å². The van der Waals surface area contributed by atoms with Crippen LogP contribution >= 0.6 is 15.9 Å². The maximum absolute atomic E-state index is 12.6. The smallest absolute Gasteiger partial charge is 0.338 e. The molecule has 1 rings (SSSR count). The number of alkyl halides is 3. The summed E-state index contributed by atoms with van der Waals surface area (Å²) in [7, 11) is 1.52. The second-order valence-corrected chi connectivity index (χ2v) is 5.17. The van der Waals surface area contributed by atoms with E-state index in [-0.39, 0.29) is 5.56 Å². The number of nitrogens with zero attached hydrogens (tertiary/aromatic N) is 1. The van der Waals surface area contributed by atoms with Gasteiger partial charge in [0, 0.05) is 18.1 Å². The summed E-state index contributed by atoms with van der Waals surface area (Å²) in [4.78, 5) is 13.4. The Hall–Kier alpha value is -1.30. The van der Waals surface area contributed by atoms with E-state index in [1.54, 1.807) is 6.92 Å². The molecule has 0 radical (unpaired) electrons. The first-order chi connectivity index (χ1) is 8.62. The molecular formula is C13H13BrF3NO. The molecule has 0 saturated carbocycles. The van der Waals surface area contributed by atoms with Crippen LogP contribution in [0.5, 0.6) is 0 Å². The highest BCUT2D eigenvalue weighted by atomic mass is 79.9. The molecule has 0 unspecified atom stereocenters. The third kappa shape index (κ3) is 4.09. The zero-order valence-corrected chi connectivity index (χ0v) is 12.1. The lowest BCUT2D eigenvalue weighted by molar-refractivity contribution is -0.137. The van der Waals surface area contributed by atoms with E-state index < -0.39 is 17.6 Å². The van der Waals surface area contributed by atoms with Gasteiger partial charge in [0.25, 0.3) is 5.91 Å². The Morgan fingerprint density at radius 3 is 2.47 bits per heavy atom. The molecule has 0 aliphatic carbocycles. The first kappa shape index (κ1) is 15.8. The van der Waals surface area contributed by atoms with Crippen molar-refractivity contribution in [1.29, 1.82) is 0 Å². The number of hydrogen-bond acceptors (Lipinski definition) is 1. The number of likely N-dealkylation sites (N-methyl/N-ethyl adjacent to an activating group) is 1. The Morgan fingerprint density at radius 1 is 1.42 bits per heavy atom.